The summed E-state index contributed by atoms with van der Waals surface area (Å²) < 4.78 is 0. The van der Waals surface area contributed by atoms with E-state index in [1.54, 1.807) is 11.3 Å². The van der Waals surface area contributed by atoms with Crippen molar-refractivity contribution < 1.29 is 4.79 Å². The van der Waals surface area contributed by atoms with Gasteiger partial charge in [0.25, 0.3) is 0 Å². The molecule has 1 unspecified atom stereocenters. The molecule has 4 N–H and O–H groups in total. The van der Waals surface area contributed by atoms with Crippen LogP contribution in [0, 0.1) is 0 Å². The van der Waals surface area contributed by atoms with E-state index in [0.29, 0.717) is 0 Å². The van der Waals surface area contributed by atoms with Gasteiger partial charge in [-0.15, -0.1) is 11.3 Å². The average molecular weight is 185 g/mol. The smallest absolute Gasteiger partial charge is 0.329 e. The Morgan fingerprint density at radius 2 is 2.50 bits per heavy atom. The molecule has 4 nitrogen and oxygen atoms in total. The lowest BCUT2D eigenvalue weighted by Crippen LogP contribution is -2.40. The number of amides is 2. The van der Waals surface area contributed by atoms with Gasteiger partial charge in [0.05, 0.1) is 6.04 Å². The monoisotopic (exact) mass is 185 g/mol. The van der Waals surface area contributed by atoms with Gasteiger partial charge in [0.2, 0.25) is 0 Å². The molecule has 0 fully saturated rings. The molecule has 0 aliphatic rings. The van der Waals surface area contributed by atoms with Crippen LogP contribution in [0.25, 0.3) is 0 Å². The van der Waals surface area contributed by atoms with Crippen LogP contribution in [-0.4, -0.2) is 6.03 Å². The molecule has 0 aliphatic carbocycles. The van der Waals surface area contributed by atoms with E-state index >= 15 is 0 Å². The minimum atomic E-state index is -0.365. The summed E-state index contributed by atoms with van der Waals surface area (Å²) in [5, 5.41) is 4.63. The van der Waals surface area contributed by atoms with Gasteiger partial charge in [-0.05, 0) is 18.4 Å². The summed E-state index contributed by atoms with van der Waals surface area (Å²) in [6, 6.07) is 3.55. The molecule has 1 aromatic heterocycles. The molecule has 1 aromatic rings. The Morgan fingerprint density at radius 1 is 1.75 bits per heavy atom. The maximum atomic E-state index is 10.8. The highest BCUT2D eigenvalue weighted by Gasteiger charge is 2.07. The largest absolute Gasteiger partial charge is 0.330 e. The molecule has 0 aromatic carbocycles. The number of hydrogen-bond acceptors (Lipinski definition) is 3. The first kappa shape index (κ1) is 9.02. The van der Waals surface area contributed by atoms with E-state index in [2.05, 4.69) is 5.32 Å². The Bertz CT molecular complexity index is 247. The molecule has 1 heterocycles. The average Bonchev–Trinajstić information content (AvgIpc) is 2.56. The summed E-state index contributed by atoms with van der Waals surface area (Å²) in [6.07, 6.45) is 0. The Labute approximate surface area is 74.7 Å². The molecule has 0 spiro atoms. The summed E-state index contributed by atoms with van der Waals surface area (Å²) in [7, 11) is 0. The third-order valence-corrected chi connectivity index (χ3v) is 2.50. The summed E-state index contributed by atoms with van der Waals surface area (Å²) in [6.45, 7) is 1.90. The van der Waals surface area contributed by atoms with Crippen LogP contribution in [0.15, 0.2) is 17.5 Å². The van der Waals surface area contributed by atoms with Gasteiger partial charge < -0.3 is 5.32 Å². The fourth-order valence-electron chi connectivity index (χ4n) is 0.847. The molecule has 0 saturated carbocycles. The highest BCUT2D eigenvalue weighted by molar-refractivity contribution is 7.10. The summed E-state index contributed by atoms with van der Waals surface area (Å²) in [5.41, 5.74) is 2.01. The van der Waals surface area contributed by atoms with E-state index in [4.69, 9.17) is 5.84 Å². The van der Waals surface area contributed by atoms with Crippen molar-refractivity contribution in [1.82, 2.24) is 10.7 Å². The molecular formula is C7H11N3OS. The number of carbonyl (C=O) groups excluding carboxylic acids is 1. The van der Waals surface area contributed by atoms with Crippen molar-refractivity contribution in [2.45, 2.75) is 13.0 Å². The standard InChI is InChI=1S/C7H11N3OS/c1-5(9-7(11)10-8)6-3-2-4-12-6/h2-5H,8H2,1H3,(H2,9,10,11). The van der Waals surface area contributed by atoms with E-state index in [-0.39, 0.29) is 12.1 Å². The van der Waals surface area contributed by atoms with E-state index in [1.807, 2.05) is 29.9 Å². The minimum Gasteiger partial charge on any atom is -0.330 e. The maximum absolute atomic E-state index is 10.8. The number of urea groups is 1. The lowest BCUT2D eigenvalue weighted by molar-refractivity contribution is 0.238. The summed E-state index contributed by atoms with van der Waals surface area (Å²) >= 11 is 1.60. The van der Waals surface area contributed by atoms with Crippen molar-refractivity contribution in [2.75, 3.05) is 0 Å². The van der Waals surface area contributed by atoms with Crippen LogP contribution in [0.1, 0.15) is 17.8 Å². The molecular weight excluding hydrogens is 174 g/mol. The Kier molecular flexibility index (Phi) is 3.07. The van der Waals surface area contributed by atoms with Crippen LogP contribution in [0.4, 0.5) is 4.79 Å². The zero-order valence-corrected chi connectivity index (χ0v) is 7.52. The van der Waals surface area contributed by atoms with E-state index in [0.717, 1.165) is 4.88 Å². The first-order valence-corrected chi connectivity index (χ1v) is 4.42. The highest BCUT2D eigenvalue weighted by Crippen LogP contribution is 2.17. The predicted octanol–water partition coefficient (Wildman–Crippen LogP) is 0.982. The molecule has 12 heavy (non-hydrogen) atoms. The summed E-state index contributed by atoms with van der Waals surface area (Å²) in [4.78, 5) is 11.9. The van der Waals surface area contributed by atoms with Crippen LogP contribution < -0.4 is 16.6 Å². The lowest BCUT2D eigenvalue weighted by atomic mass is 10.3. The van der Waals surface area contributed by atoms with E-state index in [9.17, 15) is 4.79 Å². The molecule has 1 atom stereocenters. The number of nitrogens with one attached hydrogen (secondary N) is 2. The quantitative estimate of drug-likeness (QED) is 0.365. The zero-order valence-electron chi connectivity index (χ0n) is 6.70. The zero-order chi connectivity index (χ0) is 8.97. The summed E-state index contributed by atoms with van der Waals surface area (Å²) in [5.74, 6) is 4.92. The first-order valence-electron chi connectivity index (χ1n) is 3.54. The van der Waals surface area contributed by atoms with E-state index < -0.39 is 0 Å². The van der Waals surface area contributed by atoms with Crippen molar-refractivity contribution in [2.24, 2.45) is 5.84 Å². The normalized spacial score (nSPS) is 12.2. The molecule has 5 heteroatoms. The minimum absolute atomic E-state index is 0.00792. The first-order chi connectivity index (χ1) is 5.74. The predicted molar refractivity (Wildman–Crippen MR) is 48.6 cm³/mol. The third-order valence-electron chi connectivity index (χ3n) is 1.45. The van der Waals surface area contributed by atoms with Gasteiger partial charge in [-0.1, -0.05) is 6.07 Å². The topological polar surface area (TPSA) is 67.2 Å². The molecule has 1 rings (SSSR count). The highest BCUT2D eigenvalue weighted by atomic mass is 32.1. The molecule has 2 amide bonds. The fourth-order valence-corrected chi connectivity index (χ4v) is 1.58. The second kappa shape index (κ2) is 4.08. The number of hydrazine groups is 1. The van der Waals surface area contributed by atoms with E-state index in [1.165, 1.54) is 0 Å². The Hall–Kier alpha value is -1.07. The van der Waals surface area contributed by atoms with Gasteiger partial charge in [-0.25, -0.2) is 10.6 Å². The van der Waals surface area contributed by atoms with Crippen LogP contribution in [0.3, 0.4) is 0 Å². The third kappa shape index (κ3) is 2.21. The second-order valence-corrected chi connectivity index (χ2v) is 3.33. The fraction of sp³-hybridized carbons (Fsp3) is 0.286. The van der Waals surface area contributed by atoms with Crippen LogP contribution in [0.5, 0.6) is 0 Å². The van der Waals surface area contributed by atoms with Crippen molar-refractivity contribution in [1.29, 1.82) is 0 Å². The molecule has 0 bridgehead atoms. The second-order valence-electron chi connectivity index (χ2n) is 2.35. The van der Waals surface area contributed by atoms with Gasteiger partial charge in [-0.3, -0.25) is 5.43 Å². The van der Waals surface area contributed by atoms with Crippen molar-refractivity contribution in [3.8, 4) is 0 Å². The van der Waals surface area contributed by atoms with Crippen LogP contribution in [-0.2, 0) is 0 Å². The number of nitrogens with two attached hydrogens (primary N) is 1. The maximum Gasteiger partial charge on any atom is 0.329 e. The number of hydrogen-bond donors (Lipinski definition) is 3. The van der Waals surface area contributed by atoms with Gasteiger partial charge in [-0.2, -0.15) is 0 Å². The number of thiophene rings is 1. The van der Waals surface area contributed by atoms with Crippen molar-refractivity contribution >= 4 is 17.4 Å². The lowest BCUT2D eigenvalue weighted by Gasteiger charge is -2.10. The van der Waals surface area contributed by atoms with Crippen molar-refractivity contribution in [3.63, 3.8) is 0 Å². The van der Waals surface area contributed by atoms with Gasteiger partial charge in [0.1, 0.15) is 0 Å². The molecule has 0 saturated heterocycles. The number of carbonyl (C=O) groups is 1. The van der Waals surface area contributed by atoms with Gasteiger partial charge in [0, 0.05) is 4.88 Å². The van der Waals surface area contributed by atoms with Crippen LogP contribution in [0.2, 0.25) is 0 Å². The SMILES string of the molecule is CC(NC(=O)NN)c1cccs1. The van der Waals surface area contributed by atoms with Crippen LogP contribution >= 0.6 is 11.3 Å². The number of rotatable bonds is 2. The Balaban J connectivity index is 2.49. The van der Waals surface area contributed by atoms with Gasteiger partial charge >= 0.3 is 6.03 Å². The molecule has 66 valence electrons. The van der Waals surface area contributed by atoms with Crippen molar-refractivity contribution in [3.05, 3.63) is 22.4 Å². The molecule has 0 aliphatic heterocycles. The Morgan fingerprint density at radius 3 is 3.00 bits per heavy atom. The molecule has 0 radical (unpaired) electrons. The van der Waals surface area contributed by atoms with Gasteiger partial charge in [0.15, 0.2) is 0 Å².